The molecule has 0 saturated heterocycles. The summed E-state index contributed by atoms with van der Waals surface area (Å²) < 4.78 is 5.60. The summed E-state index contributed by atoms with van der Waals surface area (Å²) in [5, 5.41) is 16.7. The van der Waals surface area contributed by atoms with E-state index in [9.17, 15) is 19.5 Å². The van der Waals surface area contributed by atoms with Gasteiger partial charge in [-0.3, -0.25) is 4.79 Å². The van der Waals surface area contributed by atoms with Crippen LogP contribution in [0.5, 0.6) is 0 Å². The Morgan fingerprint density at radius 2 is 1.65 bits per heavy atom. The number of rotatable bonds is 7. The van der Waals surface area contributed by atoms with E-state index in [1.165, 1.54) is 11.3 Å². The van der Waals surface area contributed by atoms with Gasteiger partial charge >= 0.3 is 12.1 Å². The standard InChI is InChI=1S/C26H24N2O5S/c29-23(30)22(21-11-5-14-34-21)27-24(31)26(12-6-13-26)28-25(32)33-15-20-18-9-3-1-7-16(18)17-8-2-4-10-19(17)20/h1-5,7-11,14,20,22H,6,12-13,15H2,(H,27,31)(H,28,32)(H,29,30). The molecule has 0 radical (unpaired) electrons. The Hall–Kier alpha value is -3.65. The van der Waals surface area contributed by atoms with E-state index in [4.69, 9.17) is 4.74 Å². The van der Waals surface area contributed by atoms with E-state index in [1.54, 1.807) is 17.5 Å². The first-order valence-electron chi connectivity index (χ1n) is 11.2. The number of benzene rings is 2. The highest BCUT2D eigenvalue weighted by Gasteiger charge is 2.47. The van der Waals surface area contributed by atoms with Crippen molar-refractivity contribution < 1.29 is 24.2 Å². The predicted molar refractivity (Wildman–Crippen MR) is 128 cm³/mol. The summed E-state index contributed by atoms with van der Waals surface area (Å²) >= 11 is 1.25. The van der Waals surface area contributed by atoms with Gasteiger partial charge in [-0.25, -0.2) is 9.59 Å². The van der Waals surface area contributed by atoms with Crippen LogP contribution in [0, 0.1) is 0 Å². The molecule has 2 aliphatic rings. The van der Waals surface area contributed by atoms with Gasteiger partial charge in [0.25, 0.3) is 0 Å². The maximum atomic E-state index is 13.0. The van der Waals surface area contributed by atoms with E-state index in [-0.39, 0.29) is 12.5 Å². The Bertz CT molecular complexity index is 1190. The highest BCUT2D eigenvalue weighted by Crippen LogP contribution is 2.44. The number of carboxylic acids is 1. The third-order valence-electron chi connectivity index (χ3n) is 6.68. The third kappa shape index (κ3) is 3.94. The van der Waals surface area contributed by atoms with Crippen molar-refractivity contribution in [2.24, 2.45) is 0 Å². The predicted octanol–water partition coefficient (Wildman–Crippen LogP) is 4.45. The Kier molecular flexibility index (Phi) is 5.83. The number of carbonyl (C=O) groups is 3. The van der Waals surface area contributed by atoms with Gasteiger partial charge in [0.05, 0.1) is 0 Å². The number of carboxylic acid groups (broad SMARTS) is 1. The second kappa shape index (κ2) is 8.95. The van der Waals surface area contributed by atoms with Crippen molar-refractivity contribution >= 4 is 29.3 Å². The lowest BCUT2D eigenvalue weighted by Gasteiger charge is -2.40. The largest absolute Gasteiger partial charge is 0.479 e. The van der Waals surface area contributed by atoms with Crippen LogP contribution in [0.2, 0.25) is 0 Å². The zero-order valence-corrected chi connectivity index (χ0v) is 19.1. The summed E-state index contributed by atoms with van der Waals surface area (Å²) in [5.74, 6) is -1.74. The number of carbonyl (C=O) groups excluding carboxylic acids is 2. The number of nitrogens with one attached hydrogen (secondary N) is 2. The van der Waals surface area contributed by atoms with E-state index < -0.39 is 29.6 Å². The first-order valence-corrected chi connectivity index (χ1v) is 12.1. The van der Waals surface area contributed by atoms with E-state index in [0.717, 1.165) is 28.7 Å². The SMILES string of the molecule is O=C(NC1(C(=O)NC(C(=O)O)c2cccs2)CCC1)OCC1c2ccccc2-c2ccccc21. The molecule has 2 aromatic carbocycles. The Morgan fingerprint density at radius 1 is 1.00 bits per heavy atom. The minimum atomic E-state index is -1.16. The maximum absolute atomic E-state index is 13.0. The van der Waals surface area contributed by atoms with E-state index >= 15 is 0 Å². The van der Waals surface area contributed by atoms with E-state index in [2.05, 4.69) is 22.8 Å². The number of hydrogen-bond donors (Lipinski definition) is 3. The van der Waals surface area contributed by atoms with Gasteiger partial charge < -0.3 is 20.5 Å². The lowest BCUT2D eigenvalue weighted by molar-refractivity contribution is -0.144. The molecule has 3 N–H and O–H groups in total. The molecule has 5 rings (SSSR count). The van der Waals surface area contributed by atoms with Gasteiger partial charge in [0.15, 0.2) is 6.04 Å². The summed E-state index contributed by atoms with van der Waals surface area (Å²) in [7, 11) is 0. The molecule has 7 nitrogen and oxygen atoms in total. The third-order valence-corrected chi connectivity index (χ3v) is 7.61. The molecule has 1 unspecified atom stereocenters. The van der Waals surface area contributed by atoms with E-state index in [0.29, 0.717) is 17.7 Å². The molecule has 34 heavy (non-hydrogen) atoms. The van der Waals surface area contributed by atoms with Gasteiger partial charge in [0.1, 0.15) is 12.1 Å². The average molecular weight is 477 g/mol. The van der Waals surface area contributed by atoms with Crippen LogP contribution >= 0.6 is 11.3 Å². The molecule has 2 aliphatic carbocycles. The first-order chi connectivity index (χ1) is 16.5. The minimum absolute atomic E-state index is 0.0838. The molecular formula is C26H24N2O5S. The highest BCUT2D eigenvalue weighted by atomic mass is 32.1. The molecule has 1 atom stereocenters. The van der Waals surface area contributed by atoms with E-state index in [1.807, 2.05) is 36.4 Å². The molecule has 1 saturated carbocycles. The van der Waals surface area contributed by atoms with Crippen molar-refractivity contribution in [3.05, 3.63) is 82.0 Å². The molecule has 1 aromatic heterocycles. The van der Waals surface area contributed by atoms with Gasteiger partial charge in [0, 0.05) is 10.8 Å². The number of amides is 2. The zero-order chi connectivity index (χ0) is 23.7. The number of alkyl carbamates (subject to hydrolysis) is 1. The molecular weight excluding hydrogens is 452 g/mol. The van der Waals surface area contributed by atoms with Crippen LogP contribution in [-0.2, 0) is 14.3 Å². The maximum Gasteiger partial charge on any atom is 0.408 e. The average Bonchev–Trinajstić information content (AvgIpc) is 3.45. The smallest absolute Gasteiger partial charge is 0.408 e. The van der Waals surface area contributed by atoms with Crippen molar-refractivity contribution in [3.8, 4) is 11.1 Å². The van der Waals surface area contributed by atoms with Gasteiger partial charge in [0.2, 0.25) is 5.91 Å². The topological polar surface area (TPSA) is 105 Å². The van der Waals surface area contributed by atoms with Crippen LogP contribution < -0.4 is 10.6 Å². The minimum Gasteiger partial charge on any atom is -0.479 e. The second-order valence-electron chi connectivity index (χ2n) is 8.65. The van der Waals surface area contributed by atoms with Crippen molar-refractivity contribution in [1.29, 1.82) is 0 Å². The molecule has 0 spiro atoms. The lowest BCUT2D eigenvalue weighted by atomic mass is 9.76. The van der Waals surface area contributed by atoms with Crippen LogP contribution in [0.25, 0.3) is 11.1 Å². The van der Waals surface area contributed by atoms with Gasteiger partial charge in [-0.05, 0) is 53.0 Å². The fourth-order valence-electron chi connectivity index (χ4n) is 4.75. The highest BCUT2D eigenvalue weighted by molar-refractivity contribution is 7.10. The van der Waals surface area contributed by atoms with Gasteiger partial charge in [-0.1, -0.05) is 54.6 Å². The fourth-order valence-corrected chi connectivity index (χ4v) is 5.52. The Labute approximate surface area is 200 Å². The Balaban J connectivity index is 1.26. The molecule has 1 heterocycles. The Morgan fingerprint density at radius 3 is 2.18 bits per heavy atom. The molecule has 3 aromatic rings. The number of ether oxygens (including phenoxy) is 1. The van der Waals surface area contributed by atoms with Crippen LogP contribution in [0.4, 0.5) is 4.79 Å². The summed E-state index contributed by atoms with van der Waals surface area (Å²) in [6, 6.07) is 18.4. The number of thiophene rings is 1. The first kappa shape index (κ1) is 22.2. The van der Waals surface area contributed by atoms with Crippen LogP contribution in [-0.4, -0.2) is 35.2 Å². The molecule has 174 valence electrons. The zero-order valence-electron chi connectivity index (χ0n) is 18.3. The monoisotopic (exact) mass is 476 g/mol. The quantitative estimate of drug-likeness (QED) is 0.467. The summed E-state index contributed by atoms with van der Waals surface area (Å²) in [5.41, 5.74) is 3.32. The summed E-state index contributed by atoms with van der Waals surface area (Å²) in [6.07, 6.45) is 0.938. The van der Waals surface area contributed by atoms with Gasteiger partial charge in [-0.2, -0.15) is 0 Å². The summed E-state index contributed by atoms with van der Waals surface area (Å²) in [4.78, 5) is 38.0. The molecule has 0 bridgehead atoms. The fraction of sp³-hybridized carbons (Fsp3) is 0.269. The van der Waals surface area contributed by atoms with Crippen molar-refractivity contribution in [1.82, 2.24) is 10.6 Å². The number of fused-ring (bicyclic) bond motifs is 3. The summed E-state index contributed by atoms with van der Waals surface area (Å²) in [6.45, 7) is 0.143. The lowest BCUT2D eigenvalue weighted by Crippen LogP contribution is -2.63. The molecule has 2 amide bonds. The van der Waals surface area contributed by atoms with Crippen molar-refractivity contribution in [3.63, 3.8) is 0 Å². The second-order valence-corrected chi connectivity index (χ2v) is 9.63. The molecule has 0 aliphatic heterocycles. The molecule has 1 fully saturated rings. The normalized spacial score (nSPS) is 16.5. The van der Waals surface area contributed by atoms with Crippen LogP contribution in [0.3, 0.4) is 0 Å². The number of aliphatic carboxylic acids is 1. The molecule has 8 heteroatoms. The van der Waals surface area contributed by atoms with Crippen LogP contribution in [0.15, 0.2) is 66.0 Å². The van der Waals surface area contributed by atoms with Gasteiger partial charge in [-0.15, -0.1) is 11.3 Å². The number of hydrogen-bond acceptors (Lipinski definition) is 5. The van der Waals surface area contributed by atoms with Crippen molar-refractivity contribution in [2.45, 2.75) is 36.8 Å². The van der Waals surface area contributed by atoms with Crippen LogP contribution in [0.1, 0.15) is 47.2 Å². The van der Waals surface area contributed by atoms with Crippen molar-refractivity contribution in [2.75, 3.05) is 6.61 Å².